The van der Waals surface area contributed by atoms with Gasteiger partial charge in [-0.1, -0.05) is 71.6 Å². The highest BCUT2D eigenvalue weighted by atomic mass is 16.6. The van der Waals surface area contributed by atoms with Gasteiger partial charge in [-0.25, -0.2) is 4.79 Å². The van der Waals surface area contributed by atoms with E-state index in [9.17, 15) is 9.59 Å². The highest BCUT2D eigenvalue weighted by molar-refractivity contribution is 5.95. The highest BCUT2D eigenvalue weighted by Gasteiger charge is 2.59. The van der Waals surface area contributed by atoms with E-state index in [1.807, 2.05) is 0 Å². The molecule has 2 amide bonds. The van der Waals surface area contributed by atoms with E-state index in [0.717, 1.165) is 54.8 Å². The number of benzene rings is 1. The van der Waals surface area contributed by atoms with Crippen molar-refractivity contribution in [2.24, 2.45) is 52.1 Å². The lowest BCUT2D eigenvalue weighted by molar-refractivity contribution is -0.0577. The fourth-order valence-electron chi connectivity index (χ4n) is 9.80. The quantitative estimate of drug-likeness (QED) is 0.319. The van der Waals surface area contributed by atoms with E-state index in [2.05, 4.69) is 46.0 Å². The standard InChI is InChI=1S/C35H52N2O3/c1-22(2)8-6-9-23(3)29-14-15-30-28-13-12-25-21-27(16-18-34(25,4)31(28)17-19-35(29,30)5)40-33(39)37-26-11-7-10-24(20-26)32(36)38/h7,10-12,20,22-23,27-31H,6,8-9,13-19,21H2,1-5H3,(H2,36,38)(H,37,39)/t23-,27?,28?,29?,30?,31?,34?,35?/m0/s1. The number of nitrogens with two attached hydrogens (primary N) is 1. The molecular weight excluding hydrogens is 496 g/mol. The molecule has 5 heteroatoms. The van der Waals surface area contributed by atoms with Crippen molar-refractivity contribution in [1.29, 1.82) is 0 Å². The summed E-state index contributed by atoms with van der Waals surface area (Å²) in [5.41, 5.74) is 8.53. The fourth-order valence-corrected chi connectivity index (χ4v) is 9.80. The summed E-state index contributed by atoms with van der Waals surface area (Å²) in [7, 11) is 0. The van der Waals surface area contributed by atoms with Gasteiger partial charge in [-0.15, -0.1) is 0 Å². The Balaban J connectivity index is 1.21. The summed E-state index contributed by atoms with van der Waals surface area (Å²) in [6.07, 6.45) is 15.7. The zero-order valence-electron chi connectivity index (χ0n) is 25.5. The summed E-state index contributed by atoms with van der Waals surface area (Å²) in [5.74, 6) is 4.44. The number of rotatable bonds is 8. The number of primary amides is 1. The van der Waals surface area contributed by atoms with Gasteiger partial charge in [0.15, 0.2) is 0 Å². The van der Waals surface area contributed by atoms with E-state index in [-0.39, 0.29) is 11.5 Å². The van der Waals surface area contributed by atoms with E-state index < -0.39 is 12.0 Å². The number of anilines is 1. The number of ether oxygens (including phenoxy) is 1. The summed E-state index contributed by atoms with van der Waals surface area (Å²) in [6, 6.07) is 6.67. The van der Waals surface area contributed by atoms with E-state index in [4.69, 9.17) is 10.5 Å². The van der Waals surface area contributed by atoms with Crippen molar-refractivity contribution in [3.05, 3.63) is 41.5 Å². The van der Waals surface area contributed by atoms with Crippen LogP contribution < -0.4 is 11.1 Å². The second-order valence-corrected chi connectivity index (χ2v) is 14.6. The summed E-state index contributed by atoms with van der Waals surface area (Å²) in [5, 5.41) is 2.78. The van der Waals surface area contributed by atoms with Crippen molar-refractivity contribution in [1.82, 2.24) is 0 Å². The third-order valence-corrected chi connectivity index (χ3v) is 11.9. The van der Waals surface area contributed by atoms with Crippen LogP contribution in [0.25, 0.3) is 0 Å². The van der Waals surface area contributed by atoms with Gasteiger partial charge in [0.25, 0.3) is 0 Å². The Hall–Kier alpha value is -2.30. The van der Waals surface area contributed by atoms with Crippen molar-refractivity contribution in [3.63, 3.8) is 0 Å². The molecule has 0 radical (unpaired) electrons. The van der Waals surface area contributed by atoms with Gasteiger partial charge in [-0.3, -0.25) is 10.1 Å². The molecule has 0 bridgehead atoms. The van der Waals surface area contributed by atoms with Crippen LogP contribution in [0.15, 0.2) is 35.9 Å². The lowest BCUT2D eigenvalue weighted by Gasteiger charge is -2.58. The van der Waals surface area contributed by atoms with Crippen LogP contribution in [0.3, 0.4) is 0 Å². The topological polar surface area (TPSA) is 81.4 Å². The third kappa shape index (κ3) is 5.59. The number of hydrogen-bond donors (Lipinski definition) is 2. The maximum atomic E-state index is 12.7. The summed E-state index contributed by atoms with van der Waals surface area (Å²) in [4.78, 5) is 24.2. The molecule has 0 saturated heterocycles. The van der Waals surface area contributed by atoms with Crippen molar-refractivity contribution in [2.45, 2.75) is 111 Å². The van der Waals surface area contributed by atoms with Crippen molar-refractivity contribution in [2.75, 3.05) is 5.32 Å². The van der Waals surface area contributed by atoms with E-state index in [1.54, 1.807) is 24.3 Å². The molecule has 220 valence electrons. The largest absolute Gasteiger partial charge is 0.446 e. The van der Waals surface area contributed by atoms with Crippen LogP contribution in [-0.2, 0) is 4.74 Å². The Morgan fingerprint density at radius 3 is 2.60 bits per heavy atom. The molecule has 1 aromatic carbocycles. The first-order valence-corrected chi connectivity index (χ1v) is 16.1. The summed E-state index contributed by atoms with van der Waals surface area (Å²) < 4.78 is 5.89. The van der Waals surface area contributed by atoms with Gasteiger partial charge in [-0.2, -0.15) is 0 Å². The van der Waals surface area contributed by atoms with Crippen LogP contribution in [0.4, 0.5) is 10.5 Å². The van der Waals surface area contributed by atoms with Gasteiger partial charge in [0.1, 0.15) is 6.10 Å². The number of nitrogens with one attached hydrogen (secondary N) is 1. The number of carbonyl (C=O) groups excluding carboxylic acids is 2. The smallest absolute Gasteiger partial charge is 0.411 e. The predicted octanol–water partition coefficient (Wildman–Crippen LogP) is 8.74. The molecule has 40 heavy (non-hydrogen) atoms. The molecule has 4 aliphatic rings. The zero-order valence-corrected chi connectivity index (χ0v) is 25.5. The Kier molecular flexibility index (Phi) is 8.42. The van der Waals surface area contributed by atoms with Gasteiger partial charge in [0, 0.05) is 17.7 Å². The maximum absolute atomic E-state index is 12.7. The molecule has 3 N–H and O–H groups in total. The molecule has 0 heterocycles. The Bertz CT molecular complexity index is 1130. The minimum Gasteiger partial charge on any atom is -0.446 e. The molecule has 0 aliphatic heterocycles. The van der Waals surface area contributed by atoms with E-state index in [1.165, 1.54) is 56.9 Å². The van der Waals surface area contributed by atoms with Gasteiger partial charge >= 0.3 is 6.09 Å². The normalized spacial score (nSPS) is 35.6. The molecule has 0 aromatic heterocycles. The minimum atomic E-state index is -0.515. The van der Waals surface area contributed by atoms with Crippen molar-refractivity contribution >= 4 is 17.7 Å². The van der Waals surface area contributed by atoms with Crippen molar-refractivity contribution in [3.8, 4) is 0 Å². The van der Waals surface area contributed by atoms with E-state index in [0.29, 0.717) is 16.7 Å². The van der Waals surface area contributed by atoms with Crippen LogP contribution in [0.5, 0.6) is 0 Å². The lowest BCUT2D eigenvalue weighted by Crippen LogP contribution is -2.51. The van der Waals surface area contributed by atoms with Gasteiger partial charge in [-0.05, 0) is 109 Å². The Labute approximate surface area is 242 Å². The second kappa shape index (κ2) is 11.5. The molecule has 5 rings (SSSR count). The molecule has 7 unspecified atom stereocenters. The van der Waals surface area contributed by atoms with Gasteiger partial charge in [0.2, 0.25) is 5.91 Å². The molecule has 4 aliphatic carbocycles. The summed E-state index contributed by atoms with van der Waals surface area (Å²) in [6.45, 7) is 12.4. The number of carbonyl (C=O) groups is 2. The maximum Gasteiger partial charge on any atom is 0.411 e. The number of allylic oxidation sites excluding steroid dienone is 1. The lowest BCUT2D eigenvalue weighted by atomic mass is 9.47. The highest BCUT2D eigenvalue weighted by Crippen LogP contribution is 2.67. The van der Waals surface area contributed by atoms with E-state index >= 15 is 0 Å². The van der Waals surface area contributed by atoms with Crippen LogP contribution in [0.1, 0.15) is 116 Å². The number of hydrogen-bond acceptors (Lipinski definition) is 3. The Morgan fingerprint density at radius 1 is 1.05 bits per heavy atom. The molecular formula is C35H52N2O3. The predicted molar refractivity (Wildman–Crippen MR) is 162 cm³/mol. The molecule has 5 nitrogen and oxygen atoms in total. The van der Waals surface area contributed by atoms with Gasteiger partial charge in [0.05, 0.1) is 0 Å². The van der Waals surface area contributed by atoms with Crippen LogP contribution in [0, 0.1) is 46.3 Å². The van der Waals surface area contributed by atoms with Crippen LogP contribution >= 0.6 is 0 Å². The average Bonchev–Trinajstić information content (AvgIpc) is 3.26. The summed E-state index contributed by atoms with van der Waals surface area (Å²) >= 11 is 0. The molecule has 8 atom stereocenters. The number of fused-ring (bicyclic) bond motifs is 5. The second-order valence-electron chi connectivity index (χ2n) is 14.6. The molecule has 1 aromatic rings. The van der Waals surface area contributed by atoms with Crippen LogP contribution in [-0.4, -0.2) is 18.1 Å². The zero-order chi connectivity index (χ0) is 28.7. The number of amides is 2. The third-order valence-electron chi connectivity index (χ3n) is 11.9. The minimum absolute atomic E-state index is 0.105. The van der Waals surface area contributed by atoms with Crippen LogP contribution in [0.2, 0.25) is 0 Å². The first kappa shape index (κ1) is 29.2. The molecule has 0 spiro atoms. The average molecular weight is 549 g/mol. The Morgan fingerprint density at radius 2 is 1.85 bits per heavy atom. The monoisotopic (exact) mass is 548 g/mol. The van der Waals surface area contributed by atoms with Gasteiger partial charge < -0.3 is 10.5 Å². The molecule has 3 saturated carbocycles. The first-order chi connectivity index (χ1) is 19.0. The van der Waals surface area contributed by atoms with Crippen molar-refractivity contribution < 1.29 is 14.3 Å². The first-order valence-electron chi connectivity index (χ1n) is 16.1. The molecule has 3 fully saturated rings. The SMILES string of the molecule is CC(C)CCC[C@H](C)C1CCC2C3CC=C4CC(OC(=O)Nc5cccc(C(N)=O)c5)CCC4(C)C3CCC21C. The fraction of sp³-hybridized carbons (Fsp3) is 0.714.